The van der Waals surface area contributed by atoms with Gasteiger partial charge in [-0.15, -0.1) is 0 Å². The Balaban J connectivity index is 4.35. The number of nitrogens with zero attached hydrogens (tertiary/aromatic N) is 1. The number of phosphoric ester groups is 1. The molecular formula is C47H96N2O6P+. The molecule has 0 heterocycles. The minimum Gasteiger partial charge on any atom is -0.387 e. The van der Waals surface area contributed by atoms with Gasteiger partial charge in [0.25, 0.3) is 0 Å². The lowest BCUT2D eigenvalue weighted by molar-refractivity contribution is -0.870. The number of hydrogen-bond acceptors (Lipinski definition) is 5. The Kier molecular flexibility index (Phi) is 39.1. The van der Waals surface area contributed by atoms with Crippen molar-refractivity contribution < 1.29 is 32.9 Å². The molecule has 0 aromatic rings. The van der Waals surface area contributed by atoms with Crippen molar-refractivity contribution in [2.75, 3.05) is 40.9 Å². The minimum absolute atomic E-state index is 0.0648. The third-order valence-corrected chi connectivity index (χ3v) is 12.0. The SMILES string of the molecule is CCCCCCCCCCCCCCCCCC/C=C/C(O)C(COP(=O)(O)OCC[N+](C)(C)C)NC(=O)CCCCCCCCCCCCCCCCCC. The first kappa shape index (κ1) is 55.2. The zero-order valence-electron chi connectivity index (χ0n) is 37.9. The Bertz CT molecular complexity index is 927. The number of phosphoric acid groups is 1. The summed E-state index contributed by atoms with van der Waals surface area (Å²) in [6.07, 6.45) is 45.6. The van der Waals surface area contributed by atoms with E-state index in [-0.39, 0.29) is 19.1 Å². The molecule has 3 atom stereocenters. The van der Waals surface area contributed by atoms with E-state index in [1.54, 1.807) is 6.08 Å². The van der Waals surface area contributed by atoms with E-state index in [1.165, 1.54) is 180 Å². The molecule has 0 saturated heterocycles. The van der Waals surface area contributed by atoms with E-state index in [1.807, 2.05) is 27.2 Å². The number of aliphatic hydroxyl groups is 1. The molecule has 0 bridgehead atoms. The van der Waals surface area contributed by atoms with Gasteiger partial charge in [-0.3, -0.25) is 13.8 Å². The molecule has 0 rings (SSSR count). The van der Waals surface area contributed by atoms with Gasteiger partial charge < -0.3 is 19.8 Å². The van der Waals surface area contributed by atoms with Gasteiger partial charge in [0, 0.05) is 6.42 Å². The molecular weight excluding hydrogens is 719 g/mol. The standard InChI is InChI=1S/C47H95N2O6P/c1-6-8-10-12-14-16-18-20-22-24-25-26-28-30-32-34-36-38-40-46(50)45(44-55-56(52,53)54-43-42-49(3,4)5)48-47(51)41-39-37-35-33-31-29-27-23-21-19-17-15-13-11-9-7-2/h38,40,45-46,50H,6-37,39,41-44H2,1-5H3,(H-,48,51,52,53)/p+1/b40-38+. The van der Waals surface area contributed by atoms with Crippen molar-refractivity contribution in [2.24, 2.45) is 0 Å². The Labute approximate surface area is 348 Å². The number of carbonyl (C=O) groups excluding carboxylic acids is 1. The lowest BCUT2D eigenvalue weighted by Gasteiger charge is -2.25. The molecule has 0 aliphatic rings. The van der Waals surface area contributed by atoms with Crippen LogP contribution in [0.5, 0.6) is 0 Å². The van der Waals surface area contributed by atoms with Gasteiger partial charge in [0.15, 0.2) is 0 Å². The Morgan fingerprint density at radius 2 is 0.946 bits per heavy atom. The lowest BCUT2D eigenvalue weighted by Crippen LogP contribution is -2.45. The van der Waals surface area contributed by atoms with Crippen LogP contribution in [0.2, 0.25) is 0 Å². The van der Waals surface area contributed by atoms with Gasteiger partial charge in [-0.05, 0) is 19.3 Å². The van der Waals surface area contributed by atoms with E-state index in [0.717, 1.165) is 32.1 Å². The van der Waals surface area contributed by atoms with E-state index < -0.39 is 20.0 Å². The summed E-state index contributed by atoms with van der Waals surface area (Å²) in [6.45, 7) is 4.84. The fourth-order valence-corrected chi connectivity index (χ4v) is 7.90. The predicted octanol–water partition coefficient (Wildman–Crippen LogP) is 13.5. The van der Waals surface area contributed by atoms with Gasteiger partial charge >= 0.3 is 7.82 Å². The van der Waals surface area contributed by atoms with Gasteiger partial charge in [-0.2, -0.15) is 0 Å². The van der Waals surface area contributed by atoms with Crippen LogP contribution >= 0.6 is 7.82 Å². The first-order chi connectivity index (χ1) is 27.0. The molecule has 0 spiro atoms. The molecule has 0 radical (unpaired) electrons. The van der Waals surface area contributed by atoms with Crippen LogP contribution in [0.25, 0.3) is 0 Å². The van der Waals surface area contributed by atoms with E-state index in [9.17, 15) is 19.4 Å². The molecule has 9 heteroatoms. The maximum atomic E-state index is 12.9. The molecule has 8 nitrogen and oxygen atoms in total. The van der Waals surface area contributed by atoms with Crippen molar-refractivity contribution in [3.8, 4) is 0 Å². The summed E-state index contributed by atoms with van der Waals surface area (Å²) in [6, 6.07) is -0.840. The summed E-state index contributed by atoms with van der Waals surface area (Å²) < 4.78 is 23.6. The largest absolute Gasteiger partial charge is 0.472 e. The lowest BCUT2D eigenvalue weighted by atomic mass is 10.0. The Morgan fingerprint density at radius 1 is 0.589 bits per heavy atom. The van der Waals surface area contributed by atoms with E-state index in [2.05, 4.69) is 19.2 Å². The molecule has 0 aromatic carbocycles. The molecule has 0 aliphatic heterocycles. The fourth-order valence-electron chi connectivity index (χ4n) is 7.16. The number of nitrogens with one attached hydrogen (secondary N) is 1. The number of likely N-dealkylation sites (N-methyl/N-ethyl adjacent to an activating group) is 1. The van der Waals surface area contributed by atoms with Crippen molar-refractivity contribution in [1.82, 2.24) is 5.32 Å². The van der Waals surface area contributed by atoms with Crippen molar-refractivity contribution in [3.05, 3.63) is 12.2 Å². The van der Waals surface area contributed by atoms with Crippen LogP contribution < -0.4 is 5.32 Å². The summed E-state index contributed by atoms with van der Waals surface area (Å²) in [4.78, 5) is 23.2. The highest BCUT2D eigenvalue weighted by atomic mass is 31.2. The zero-order valence-corrected chi connectivity index (χ0v) is 38.8. The maximum Gasteiger partial charge on any atom is 0.472 e. The summed E-state index contributed by atoms with van der Waals surface area (Å²) in [5, 5.41) is 13.9. The summed E-state index contributed by atoms with van der Waals surface area (Å²) in [5.74, 6) is -0.173. The predicted molar refractivity (Wildman–Crippen MR) is 240 cm³/mol. The maximum absolute atomic E-state index is 12.9. The smallest absolute Gasteiger partial charge is 0.387 e. The minimum atomic E-state index is -4.33. The van der Waals surface area contributed by atoms with Gasteiger partial charge in [0.2, 0.25) is 5.91 Å². The second-order valence-electron chi connectivity index (χ2n) is 17.8. The topological polar surface area (TPSA) is 105 Å². The molecule has 0 saturated carbocycles. The highest BCUT2D eigenvalue weighted by Gasteiger charge is 2.27. The van der Waals surface area contributed by atoms with Crippen LogP contribution in [0.4, 0.5) is 0 Å². The molecule has 334 valence electrons. The van der Waals surface area contributed by atoms with Crippen molar-refractivity contribution in [1.29, 1.82) is 0 Å². The van der Waals surface area contributed by atoms with E-state index in [0.29, 0.717) is 17.4 Å². The van der Waals surface area contributed by atoms with Crippen molar-refractivity contribution >= 4 is 13.7 Å². The number of hydrogen-bond donors (Lipinski definition) is 3. The zero-order chi connectivity index (χ0) is 41.4. The van der Waals surface area contributed by atoms with Crippen LogP contribution in [0.3, 0.4) is 0 Å². The van der Waals surface area contributed by atoms with Crippen LogP contribution in [0, 0.1) is 0 Å². The van der Waals surface area contributed by atoms with Gasteiger partial charge in [0.05, 0.1) is 39.9 Å². The second-order valence-corrected chi connectivity index (χ2v) is 19.3. The monoisotopic (exact) mass is 816 g/mol. The van der Waals surface area contributed by atoms with E-state index >= 15 is 0 Å². The van der Waals surface area contributed by atoms with Crippen LogP contribution in [-0.2, 0) is 18.4 Å². The quantitative estimate of drug-likeness (QED) is 0.0245. The number of quaternary nitrogens is 1. The average molecular weight is 816 g/mol. The van der Waals surface area contributed by atoms with Crippen molar-refractivity contribution in [2.45, 2.75) is 244 Å². The molecule has 3 unspecified atom stereocenters. The number of aliphatic hydroxyl groups excluding tert-OH is 1. The molecule has 1 amide bonds. The molecule has 0 aliphatic carbocycles. The highest BCUT2D eigenvalue weighted by Crippen LogP contribution is 2.43. The number of amides is 1. The van der Waals surface area contributed by atoms with Gasteiger partial charge in [-0.1, -0.05) is 219 Å². The number of carbonyl (C=O) groups is 1. The highest BCUT2D eigenvalue weighted by molar-refractivity contribution is 7.47. The first-order valence-corrected chi connectivity index (χ1v) is 25.6. The Hall–Kier alpha value is -0.760. The second kappa shape index (κ2) is 39.7. The molecule has 3 N–H and O–H groups in total. The van der Waals surface area contributed by atoms with Gasteiger partial charge in [0.1, 0.15) is 13.2 Å². The number of rotatable bonds is 44. The summed E-state index contributed by atoms with van der Waals surface area (Å²) >= 11 is 0. The number of unbranched alkanes of at least 4 members (excludes halogenated alkanes) is 31. The van der Waals surface area contributed by atoms with Crippen LogP contribution in [0.15, 0.2) is 12.2 Å². The number of allylic oxidation sites excluding steroid dienone is 1. The molecule has 0 aromatic heterocycles. The third kappa shape index (κ3) is 41.4. The van der Waals surface area contributed by atoms with E-state index in [4.69, 9.17) is 9.05 Å². The Morgan fingerprint density at radius 3 is 1.32 bits per heavy atom. The van der Waals surface area contributed by atoms with Crippen molar-refractivity contribution in [3.63, 3.8) is 0 Å². The fraction of sp³-hybridized carbons (Fsp3) is 0.936. The third-order valence-electron chi connectivity index (χ3n) is 11.0. The summed E-state index contributed by atoms with van der Waals surface area (Å²) in [7, 11) is 1.58. The molecule has 56 heavy (non-hydrogen) atoms. The van der Waals surface area contributed by atoms with Crippen LogP contribution in [0.1, 0.15) is 232 Å². The van der Waals surface area contributed by atoms with Gasteiger partial charge in [-0.25, -0.2) is 4.57 Å². The molecule has 0 fully saturated rings. The summed E-state index contributed by atoms with van der Waals surface area (Å²) in [5.41, 5.74) is 0. The van der Waals surface area contributed by atoms with Crippen LogP contribution in [-0.4, -0.2) is 73.4 Å². The normalized spacial score (nSPS) is 14.3. The average Bonchev–Trinajstić information content (AvgIpc) is 3.15. The first-order valence-electron chi connectivity index (χ1n) is 24.1.